The Morgan fingerprint density at radius 3 is 1.44 bits per heavy atom. The highest BCUT2D eigenvalue weighted by molar-refractivity contribution is 6.32. The van der Waals surface area contributed by atoms with E-state index in [9.17, 15) is 9.59 Å². The number of anilines is 2. The Morgan fingerprint density at radius 1 is 0.760 bits per heavy atom. The van der Waals surface area contributed by atoms with Crippen LogP contribution in [0.1, 0.15) is 11.1 Å². The second-order valence-corrected chi connectivity index (χ2v) is 5.04. The van der Waals surface area contributed by atoms with Crippen LogP contribution < -0.4 is 10.6 Å². The molecular weight excluding hydrogens is 324 g/mol. The fraction of sp³-hybridized carbons (Fsp3) is 0.0588. The van der Waals surface area contributed by atoms with Crippen LogP contribution >= 0.6 is 0 Å². The van der Waals surface area contributed by atoms with Crippen LogP contribution in [0, 0.1) is 0 Å². The van der Waals surface area contributed by atoms with Crippen LogP contribution in [-0.4, -0.2) is 34.7 Å². The molecule has 0 spiro atoms. The van der Waals surface area contributed by atoms with Crippen molar-refractivity contribution >= 4 is 35.6 Å². The van der Waals surface area contributed by atoms with Gasteiger partial charge in [-0.15, -0.1) is 0 Å². The fourth-order valence-electron chi connectivity index (χ4n) is 2.10. The van der Waals surface area contributed by atoms with Crippen molar-refractivity contribution in [1.29, 1.82) is 0 Å². The Kier molecular flexibility index (Phi) is 6.24. The lowest BCUT2D eigenvalue weighted by Crippen LogP contribution is -2.12. The minimum absolute atomic E-state index is 0.515. The summed E-state index contributed by atoms with van der Waals surface area (Å²) < 4.78 is 0. The molecule has 2 rings (SSSR count). The van der Waals surface area contributed by atoms with Crippen LogP contribution in [0.3, 0.4) is 0 Å². The molecule has 2 amide bonds. The molecule has 0 aliphatic heterocycles. The first kappa shape index (κ1) is 17.7. The summed E-state index contributed by atoms with van der Waals surface area (Å²) in [4.78, 5) is 22.5. The number of nitrogens with one attached hydrogen (secondary N) is 2. The third kappa shape index (κ3) is 5.79. The molecule has 4 N–H and O–H groups in total. The Balaban J connectivity index is 1.95. The van der Waals surface area contributed by atoms with Gasteiger partial charge < -0.3 is 21.0 Å². The maximum absolute atomic E-state index is 11.3. The van der Waals surface area contributed by atoms with Gasteiger partial charge in [-0.05, 0) is 41.8 Å². The van der Waals surface area contributed by atoms with Crippen molar-refractivity contribution in [3.05, 3.63) is 59.7 Å². The van der Waals surface area contributed by atoms with E-state index in [0.717, 1.165) is 23.6 Å². The molecule has 0 aromatic heterocycles. The van der Waals surface area contributed by atoms with Gasteiger partial charge in [0, 0.05) is 11.4 Å². The van der Waals surface area contributed by atoms with Gasteiger partial charge in [0.2, 0.25) is 0 Å². The van der Waals surface area contributed by atoms with E-state index in [1.165, 1.54) is 0 Å². The second kappa shape index (κ2) is 8.82. The first-order valence-corrected chi connectivity index (χ1v) is 7.25. The monoisotopic (exact) mass is 340 g/mol. The van der Waals surface area contributed by atoms with Crippen molar-refractivity contribution in [2.24, 2.45) is 10.3 Å². The van der Waals surface area contributed by atoms with Crippen molar-refractivity contribution in [2.75, 3.05) is 10.6 Å². The number of carbonyl (C=O) groups is 2. The molecule has 0 saturated heterocycles. The van der Waals surface area contributed by atoms with Crippen LogP contribution in [0.4, 0.5) is 11.4 Å². The topological polar surface area (TPSA) is 123 Å². The number of rotatable bonds is 6. The second-order valence-electron chi connectivity index (χ2n) is 5.04. The molecule has 8 heteroatoms. The van der Waals surface area contributed by atoms with E-state index in [2.05, 4.69) is 20.9 Å². The van der Waals surface area contributed by atoms with E-state index in [-0.39, 0.29) is 0 Å². The molecule has 0 fully saturated rings. The van der Waals surface area contributed by atoms with Gasteiger partial charge in [-0.25, -0.2) is 0 Å². The molecule has 0 aliphatic carbocycles. The van der Waals surface area contributed by atoms with Gasteiger partial charge >= 0.3 is 0 Å². The zero-order valence-corrected chi connectivity index (χ0v) is 13.1. The van der Waals surface area contributed by atoms with Gasteiger partial charge in [0.05, 0.1) is 0 Å². The summed E-state index contributed by atoms with van der Waals surface area (Å²) in [6.07, 6.45) is 2.24. The third-order valence-electron chi connectivity index (χ3n) is 3.20. The number of hydrogen-bond donors (Lipinski definition) is 4. The lowest BCUT2D eigenvalue weighted by molar-refractivity contribution is -0.110. The molecule has 8 nitrogen and oxygen atoms in total. The highest BCUT2D eigenvalue weighted by Crippen LogP contribution is 2.16. The summed E-state index contributed by atoms with van der Waals surface area (Å²) in [7, 11) is 0. The number of amides is 2. The molecular formula is C17H16N4O4. The first-order chi connectivity index (χ1) is 12.1. The predicted octanol–water partition coefficient (Wildman–Crippen LogP) is 2.07. The zero-order valence-electron chi connectivity index (χ0n) is 13.1. The Hall–Kier alpha value is -3.68. The molecule has 0 saturated carbocycles. The largest absolute Gasteiger partial charge is 0.411 e. The van der Waals surface area contributed by atoms with Crippen LogP contribution in [0.25, 0.3) is 0 Å². The minimum atomic E-state index is -0.515. The average molecular weight is 340 g/mol. The van der Waals surface area contributed by atoms with Gasteiger partial charge in [-0.2, -0.15) is 0 Å². The Morgan fingerprint density at radius 2 is 1.12 bits per heavy atom. The lowest BCUT2D eigenvalue weighted by atomic mass is 10.0. The van der Waals surface area contributed by atoms with Crippen molar-refractivity contribution in [1.82, 2.24) is 0 Å². The maximum Gasteiger partial charge on any atom is 0.270 e. The number of oxime groups is 2. The Bertz CT molecular complexity index is 716. The number of benzene rings is 2. The summed E-state index contributed by atoms with van der Waals surface area (Å²) in [6, 6.07) is 14.5. The summed E-state index contributed by atoms with van der Waals surface area (Å²) >= 11 is 0. The highest BCUT2D eigenvalue weighted by Gasteiger charge is 2.02. The van der Waals surface area contributed by atoms with Crippen molar-refractivity contribution in [3.8, 4) is 0 Å². The van der Waals surface area contributed by atoms with E-state index in [0.29, 0.717) is 17.8 Å². The summed E-state index contributed by atoms with van der Waals surface area (Å²) in [5.74, 6) is -1.03. The van der Waals surface area contributed by atoms with Crippen molar-refractivity contribution in [3.63, 3.8) is 0 Å². The molecule has 0 radical (unpaired) electrons. The van der Waals surface area contributed by atoms with E-state index in [4.69, 9.17) is 10.4 Å². The van der Waals surface area contributed by atoms with Crippen LogP contribution in [0.15, 0.2) is 58.8 Å². The van der Waals surface area contributed by atoms with Crippen molar-refractivity contribution < 1.29 is 20.0 Å². The predicted molar refractivity (Wildman–Crippen MR) is 93.5 cm³/mol. The van der Waals surface area contributed by atoms with Crippen LogP contribution in [0.2, 0.25) is 0 Å². The maximum atomic E-state index is 11.3. The van der Waals surface area contributed by atoms with E-state index < -0.39 is 11.8 Å². The average Bonchev–Trinajstić information content (AvgIpc) is 2.59. The molecule has 0 heterocycles. The van der Waals surface area contributed by atoms with Gasteiger partial charge in [0.1, 0.15) is 12.4 Å². The van der Waals surface area contributed by atoms with E-state index >= 15 is 0 Å². The molecule has 0 unspecified atom stereocenters. The molecule has 2 aromatic rings. The molecule has 0 aliphatic rings. The molecule has 0 atom stereocenters. The van der Waals surface area contributed by atoms with Gasteiger partial charge in [0.15, 0.2) is 0 Å². The van der Waals surface area contributed by atoms with Gasteiger partial charge in [-0.1, -0.05) is 34.6 Å². The molecule has 128 valence electrons. The normalized spacial score (nSPS) is 10.9. The smallest absolute Gasteiger partial charge is 0.270 e. The van der Waals surface area contributed by atoms with E-state index in [1.54, 1.807) is 24.3 Å². The molecule has 0 bridgehead atoms. The number of carbonyl (C=O) groups excluding carboxylic acids is 2. The summed E-state index contributed by atoms with van der Waals surface area (Å²) in [5, 5.41) is 27.0. The fourth-order valence-corrected chi connectivity index (χ4v) is 2.10. The van der Waals surface area contributed by atoms with Gasteiger partial charge in [-0.3, -0.25) is 9.59 Å². The van der Waals surface area contributed by atoms with Crippen LogP contribution in [-0.2, 0) is 16.0 Å². The molecule has 25 heavy (non-hydrogen) atoms. The number of nitrogens with zero attached hydrogens (tertiary/aromatic N) is 2. The molecule has 2 aromatic carbocycles. The van der Waals surface area contributed by atoms with Crippen LogP contribution in [0.5, 0.6) is 0 Å². The van der Waals surface area contributed by atoms with Crippen molar-refractivity contribution in [2.45, 2.75) is 6.42 Å². The minimum Gasteiger partial charge on any atom is -0.411 e. The Labute approximate surface area is 143 Å². The highest BCUT2D eigenvalue weighted by atomic mass is 16.4. The first-order valence-electron chi connectivity index (χ1n) is 7.25. The van der Waals surface area contributed by atoms with E-state index in [1.807, 2.05) is 24.3 Å². The SMILES string of the molecule is O=C(/C=N\O)Nc1ccc(Cc2ccc(NC(=O)/C=N\O)cc2)cc1. The third-order valence-corrected chi connectivity index (χ3v) is 3.20. The lowest BCUT2D eigenvalue weighted by Gasteiger charge is -2.06. The standard InChI is InChI=1S/C17H16N4O4/c22-16(10-18-24)20-14-5-1-12(2-6-14)9-13-3-7-15(8-4-13)21-17(23)11-19-25/h1-8,10-11,24-25H,9H2,(H,20,22)(H,21,23)/b18-10-,19-11-. The summed E-state index contributed by atoms with van der Waals surface area (Å²) in [6.45, 7) is 0. The van der Waals surface area contributed by atoms with Gasteiger partial charge in [0.25, 0.3) is 11.8 Å². The number of hydrogen-bond acceptors (Lipinski definition) is 6. The quantitative estimate of drug-likeness (QED) is 0.365. The summed E-state index contributed by atoms with van der Waals surface area (Å²) in [5.41, 5.74) is 3.27. The zero-order chi connectivity index (χ0) is 18.1.